The molecule has 1 aliphatic heterocycles. The predicted octanol–water partition coefficient (Wildman–Crippen LogP) is 3.19. The maximum atomic E-state index is 12.8. The fourth-order valence-corrected chi connectivity index (χ4v) is 3.05. The molecule has 122 valence electrons. The van der Waals surface area contributed by atoms with Gasteiger partial charge in [-0.3, -0.25) is 0 Å². The van der Waals surface area contributed by atoms with Crippen molar-refractivity contribution in [1.82, 2.24) is 9.80 Å². The van der Waals surface area contributed by atoms with E-state index in [0.717, 1.165) is 32.1 Å². The molecular formula is C16H30N2O3. The molecule has 0 aromatic heterocycles. The van der Waals surface area contributed by atoms with E-state index in [0.29, 0.717) is 13.1 Å². The Kier molecular flexibility index (Phi) is 6.99. The van der Waals surface area contributed by atoms with Crippen molar-refractivity contribution >= 4 is 12.0 Å². The van der Waals surface area contributed by atoms with Crippen LogP contribution in [-0.2, 0) is 4.79 Å². The number of aliphatic carboxylic acids is 1. The number of urea groups is 1. The summed E-state index contributed by atoms with van der Waals surface area (Å²) < 4.78 is 0. The molecule has 21 heavy (non-hydrogen) atoms. The Bertz CT molecular complexity index is 357. The number of amides is 2. The Balaban J connectivity index is 2.82. The zero-order valence-electron chi connectivity index (χ0n) is 13.8. The highest BCUT2D eigenvalue weighted by Gasteiger charge is 2.39. The van der Waals surface area contributed by atoms with Gasteiger partial charge in [-0.1, -0.05) is 26.7 Å². The van der Waals surface area contributed by atoms with E-state index in [4.69, 9.17) is 0 Å². The van der Waals surface area contributed by atoms with Gasteiger partial charge in [-0.15, -0.1) is 0 Å². The molecule has 0 aromatic carbocycles. The normalized spacial score (nSPS) is 22.4. The number of unbranched alkanes of at least 4 members (excludes halogenated alkanes) is 2. The van der Waals surface area contributed by atoms with Crippen LogP contribution in [0.2, 0.25) is 0 Å². The molecular weight excluding hydrogens is 268 g/mol. The van der Waals surface area contributed by atoms with Crippen LogP contribution in [0.1, 0.15) is 59.8 Å². The second-order valence-electron chi connectivity index (χ2n) is 6.37. The lowest BCUT2D eigenvalue weighted by Crippen LogP contribution is -2.57. The van der Waals surface area contributed by atoms with Gasteiger partial charge >= 0.3 is 12.0 Å². The summed E-state index contributed by atoms with van der Waals surface area (Å²) >= 11 is 0. The zero-order valence-corrected chi connectivity index (χ0v) is 13.8. The fourth-order valence-electron chi connectivity index (χ4n) is 3.05. The highest BCUT2D eigenvalue weighted by atomic mass is 16.4. The minimum atomic E-state index is -0.882. The van der Waals surface area contributed by atoms with Crippen molar-refractivity contribution < 1.29 is 14.7 Å². The molecule has 0 aromatic rings. The number of hydrogen-bond acceptors (Lipinski definition) is 2. The number of carboxylic acids is 1. The lowest BCUT2D eigenvalue weighted by Gasteiger charge is -2.41. The highest BCUT2D eigenvalue weighted by molar-refractivity contribution is 5.83. The summed E-state index contributed by atoms with van der Waals surface area (Å²) in [5.41, 5.74) is 0. The number of piperidine rings is 1. The maximum absolute atomic E-state index is 12.8. The number of nitrogens with zero attached hydrogens (tertiary/aromatic N) is 2. The smallest absolute Gasteiger partial charge is 0.326 e. The molecule has 0 aliphatic carbocycles. The number of carbonyl (C=O) groups excluding carboxylic acids is 1. The second kappa shape index (κ2) is 8.25. The van der Waals surface area contributed by atoms with E-state index in [1.54, 1.807) is 4.90 Å². The van der Waals surface area contributed by atoms with Crippen molar-refractivity contribution in [1.29, 1.82) is 0 Å². The molecule has 0 spiro atoms. The van der Waals surface area contributed by atoms with Crippen molar-refractivity contribution in [3.8, 4) is 0 Å². The van der Waals surface area contributed by atoms with Gasteiger partial charge in [-0.05, 0) is 39.0 Å². The van der Waals surface area contributed by atoms with E-state index >= 15 is 0 Å². The Hall–Kier alpha value is -1.26. The summed E-state index contributed by atoms with van der Waals surface area (Å²) in [6.45, 7) is 9.31. The van der Waals surface area contributed by atoms with Crippen molar-refractivity contribution in [3.05, 3.63) is 0 Å². The minimum absolute atomic E-state index is 0.0184. The average Bonchev–Trinajstić information content (AvgIpc) is 2.41. The molecule has 2 amide bonds. The van der Waals surface area contributed by atoms with Gasteiger partial charge in [0.05, 0.1) is 0 Å². The molecule has 1 aliphatic rings. The van der Waals surface area contributed by atoms with E-state index in [-0.39, 0.29) is 18.0 Å². The molecule has 2 unspecified atom stereocenters. The monoisotopic (exact) mass is 298 g/mol. The summed E-state index contributed by atoms with van der Waals surface area (Å²) in [4.78, 5) is 27.7. The van der Waals surface area contributed by atoms with E-state index in [2.05, 4.69) is 6.92 Å². The van der Waals surface area contributed by atoms with E-state index < -0.39 is 12.0 Å². The lowest BCUT2D eigenvalue weighted by atomic mass is 9.91. The van der Waals surface area contributed by atoms with E-state index in [1.165, 1.54) is 0 Å². The van der Waals surface area contributed by atoms with Crippen LogP contribution >= 0.6 is 0 Å². The third kappa shape index (κ3) is 4.61. The molecule has 0 radical (unpaired) electrons. The van der Waals surface area contributed by atoms with Crippen molar-refractivity contribution in [2.75, 3.05) is 13.1 Å². The van der Waals surface area contributed by atoms with Gasteiger partial charge in [0, 0.05) is 19.1 Å². The van der Waals surface area contributed by atoms with E-state index in [1.807, 2.05) is 25.7 Å². The van der Waals surface area contributed by atoms with Gasteiger partial charge in [-0.2, -0.15) is 0 Å². The third-order valence-corrected chi connectivity index (χ3v) is 4.30. The number of carboxylic acid groups (broad SMARTS) is 1. The first kappa shape index (κ1) is 17.8. The van der Waals surface area contributed by atoms with Crippen molar-refractivity contribution in [3.63, 3.8) is 0 Å². The van der Waals surface area contributed by atoms with Gasteiger partial charge in [0.25, 0.3) is 0 Å². The lowest BCUT2D eigenvalue weighted by molar-refractivity contribution is -0.145. The number of carbonyl (C=O) groups is 2. The zero-order chi connectivity index (χ0) is 16.0. The molecule has 1 heterocycles. The summed E-state index contributed by atoms with van der Waals surface area (Å²) in [6, 6.07) is -0.695. The Morgan fingerprint density at radius 1 is 1.33 bits per heavy atom. The SMILES string of the molecule is CCCCCN(C(=O)N1CCCC(C)C1C(=O)O)C(C)C. The molecule has 1 fully saturated rings. The van der Waals surface area contributed by atoms with Gasteiger partial charge in [-0.25, -0.2) is 9.59 Å². The Morgan fingerprint density at radius 2 is 2.00 bits per heavy atom. The summed E-state index contributed by atoms with van der Waals surface area (Å²) in [6.07, 6.45) is 4.94. The molecule has 0 saturated carbocycles. The quantitative estimate of drug-likeness (QED) is 0.766. The first-order chi connectivity index (χ1) is 9.90. The van der Waals surface area contributed by atoms with Gasteiger partial charge < -0.3 is 14.9 Å². The van der Waals surface area contributed by atoms with Gasteiger partial charge in [0.1, 0.15) is 6.04 Å². The predicted molar refractivity (Wildman–Crippen MR) is 83.3 cm³/mol. The molecule has 2 atom stereocenters. The van der Waals surface area contributed by atoms with Crippen LogP contribution in [0.4, 0.5) is 4.79 Å². The van der Waals surface area contributed by atoms with Crippen LogP contribution in [0.25, 0.3) is 0 Å². The standard InChI is InChI=1S/C16H30N2O3/c1-5-6-7-10-17(12(2)3)16(21)18-11-8-9-13(4)14(18)15(19)20/h12-14H,5-11H2,1-4H3,(H,19,20). The van der Waals surface area contributed by atoms with Gasteiger partial charge in [0.2, 0.25) is 0 Å². The summed E-state index contributed by atoms with van der Waals surface area (Å²) in [5, 5.41) is 9.45. The van der Waals surface area contributed by atoms with Crippen LogP contribution in [0.3, 0.4) is 0 Å². The Labute approximate surface area is 128 Å². The summed E-state index contributed by atoms with van der Waals surface area (Å²) in [5.74, 6) is -0.863. The number of likely N-dealkylation sites (tertiary alicyclic amines) is 1. The van der Waals surface area contributed by atoms with Crippen molar-refractivity contribution in [2.45, 2.75) is 71.9 Å². The molecule has 1 saturated heterocycles. The number of rotatable bonds is 6. The fraction of sp³-hybridized carbons (Fsp3) is 0.875. The highest BCUT2D eigenvalue weighted by Crippen LogP contribution is 2.25. The van der Waals surface area contributed by atoms with Crippen LogP contribution in [-0.4, -0.2) is 52.1 Å². The van der Waals surface area contributed by atoms with Crippen molar-refractivity contribution in [2.24, 2.45) is 5.92 Å². The molecule has 1 N–H and O–H groups in total. The molecule has 5 heteroatoms. The van der Waals surface area contributed by atoms with Crippen LogP contribution < -0.4 is 0 Å². The maximum Gasteiger partial charge on any atom is 0.326 e. The molecule has 5 nitrogen and oxygen atoms in total. The summed E-state index contributed by atoms with van der Waals surface area (Å²) in [7, 11) is 0. The average molecular weight is 298 g/mol. The second-order valence-corrected chi connectivity index (χ2v) is 6.37. The topological polar surface area (TPSA) is 60.9 Å². The molecule has 0 bridgehead atoms. The minimum Gasteiger partial charge on any atom is -0.480 e. The largest absolute Gasteiger partial charge is 0.480 e. The van der Waals surface area contributed by atoms with Crippen LogP contribution in [0, 0.1) is 5.92 Å². The molecule has 1 rings (SSSR count). The van der Waals surface area contributed by atoms with Crippen LogP contribution in [0.15, 0.2) is 0 Å². The van der Waals surface area contributed by atoms with E-state index in [9.17, 15) is 14.7 Å². The van der Waals surface area contributed by atoms with Gasteiger partial charge in [0.15, 0.2) is 0 Å². The first-order valence-corrected chi connectivity index (χ1v) is 8.20. The number of hydrogen-bond donors (Lipinski definition) is 1. The Morgan fingerprint density at radius 3 is 2.52 bits per heavy atom. The first-order valence-electron chi connectivity index (χ1n) is 8.20. The third-order valence-electron chi connectivity index (χ3n) is 4.30. The van der Waals surface area contributed by atoms with Crippen LogP contribution in [0.5, 0.6) is 0 Å².